The monoisotopic (exact) mass is 308 g/mol. The van der Waals surface area contributed by atoms with E-state index in [1.54, 1.807) is 11.8 Å². The Balaban J connectivity index is 1.79. The number of aromatic nitrogens is 2. The maximum atomic E-state index is 4.49. The van der Waals surface area contributed by atoms with Crippen molar-refractivity contribution in [1.29, 1.82) is 0 Å². The molecule has 4 nitrogen and oxygen atoms in total. The first-order valence-electron chi connectivity index (χ1n) is 8.20. The zero-order valence-corrected chi connectivity index (χ0v) is 14.2. The van der Waals surface area contributed by atoms with E-state index in [0.29, 0.717) is 0 Å². The van der Waals surface area contributed by atoms with E-state index >= 15 is 0 Å². The van der Waals surface area contributed by atoms with Crippen molar-refractivity contribution in [2.75, 3.05) is 38.5 Å². The Morgan fingerprint density at radius 2 is 1.76 bits per heavy atom. The highest BCUT2D eigenvalue weighted by Crippen LogP contribution is 2.15. The lowest BCUT2D eigenvalue weighted by Crippen LogP contribution is -2.30. The van der Waals surface area contributed by atoms with Crippen molar-refractivity contribution >= 4 is 11.8 Å². The van der Waals surface area contributed by atoms with Crippen molar-refractivity contribution in [2.24, 2.45) is 0 Å². The molecule has 0 aliphatic carbocycles. The minimum Gasteiger partial charge on any atom is -0.302 e. The SMILES string of the molecule is CCCCSc1ncc(CN2CCCN(CC)CC2)cn1. The van der Waals surface area contributed by atoms with Gasteiger partial charge in [0.15, 0.2) is 5.16 Å². The van der Waals surface area contributed by atoms with Gasteiger partial charge < -0.3 is 4.90 Å². The highest BCUT2D eigenvalue weighted by molar-refractivity contribution is 7.99. The van der Waals surface area contributed by atoms with Gasteiger partial charge in [-0.05, 0) is 32.5 Å². The molecule has 1 fully saturated rings. The number of unbranched alkanes of at least 4 members (excludes halogenated alkanes) is 1. The number of nitrogens with zero attached hydrogens (tertiary/aromatic N) is 4. The molecule has 0 amide bonds. The minimum atomic E-state index is 0.917. The van der Waals surface area contributed by atoms with Crippen LogP contribution in [0.15, 0.2) is 17.6 Å². The van der Waals surface area contributed by atoms with Gasteiger partial charge in [-0.1, -0.05) is 32.0 Å². The van der Waals surface area contributed by atoms with E-state index in [-0.39, 0.29) is 0 Å². The lowest BCUT2D eigenvalue weighted by molar-refractivity contribution is 0.257. The summed E-state index contributed by atoms with van der Waals surface area (Å²) in [5, 5.41) is 0.917. The fourth-order valence-electron chi connectivity index (χ4n) is 2.56. The van der Waals surface area contributed by atoms with Gasteiger partial charge in [-0.3, -0.25) is 4.90 Å². The van der Waals surface area contributed by atoms with E-state index in [2.05, 4.69) is 33.6 Å². The summed E-state index contributed by atoms with van der Waals surface area (Å²) in [5.74, 6) is 1.12. The van der Waals surface area contributed by atoms with Gasteiger partial charge in [0.2, 0.25) is 0 Å². The summed E-state index contributed by atoms with van der Waals surface area (Å²) in [6.07, 6.45) is 7.74. The second-order valence-corrected chi connectivity index (χ2v) is 6.70. The van der Waals surface area contributed by atoms with Crippen LogP contribution in [0.25, 0.3) is 0 Å². The van der Waals surface area contributed by atoms with Gasteiger partial charge in [0.25, 0.3) is 0 Å². The summed E-state index contributed by atoms with van der Waals surface area (Å²) < 4.78 is 0. The van der Waals surface area contributed by atoms with Crippen LogP contribution in [-0.4, -0.2) is 58.2 Å². The highest BCUT2D eigenvalue weighted by atomic mass is 32.2. The van der Waals surface area contributed by atoms with E-state index in [9.17, 15) is 0 Å². The van der Waals surface area contributed by atoms with Gasteiger partial charge in [-0.2, -0.15) is 0 Å². The lowest BCUT2D eigenvalue weighted by Gasteiger charge is -2.20. The van der Waals surface area contributed by atoms with Crippen molar-refractivity contribution < 1.29 is 0 Å². The molecule has 0 bridgehead atoms. The summed E-state index contributed by atoms with van der Waals surface area (Å²) in [6, 6.07) is 0. The molecule has 118 valence electrons. The van der Waals surface area contributed by atoms with Crippen molar-refractivity contribution in [1.82, 2.24) is 19.8 Å². The smallest absolute Gasteiger partial charge is 0.187 e. The Kier molecular flexibility index (Phi) is 7.47. The van der Waals surface area contributed by atoms with Crippen LogP contribution >= 0.6 is 11.8 Å². The second-order valence-electron chi connectivity index (χ2n) is 5.64. The number of thioether (sulfide) groups is 1. The molecule has 0 N–H and O–H groups in total. The van der Waals surface area contributed by atoms with Crippen molar-refractivity contribution in [3.05, 3.63) is 18.0 Å². The standard InChI is InChI=1S/C16H28N4S/c1-3-5-11-21-16-17-12-15(13-18-16)14-20-8-6-7-19(4-2)9-10-20/h12-13H,3-11,14H2,1-2H3. The van der Waals surface area contributed by atoms with E-state index in [1.807, 2.05) is 12.4 Å². The maximum absolute atomic E-state index is 4.49. The molecule has 0 spiro atoms. The Morgan fingerprint density at radius 3 is 2.48 bits per heavy atom. The first kappa shape index (κ1) is 16.7. The van der Waals surface area contributed by atoms with Crippen molar-refractivity contribution in [3.63, 3.8) is 0 Å². The van der Waals surface area contributed by atoms with Crippen LogP contribution in [0.2, 0.25) is 0 Å². The number of rotatable bonds is 7. The molecule has 1 aromatic rings. The number of hydrogen-bond donors (Lipinski definition) is 0. The quantitative estimate of drug-likeness (QED) is 0.439. The maximum Gasteiger partial charge on any atom is 0.187 e. The third kappa shape index (κ3) is 5.93. The Labute approximate surface area is 133 Å². The summed E-state index contributed by atoms with van der Waals surface area (Å²) in [4.78, 5) is 14.0. The molecule has 0 saturated carbocycles. The van der Waals surface area contributed by atoms with E-state index < -0.39 is 0 Å². The van der Waals surface area contributed by atoms with E-state index in [1.165, 1.54) is 51.0 Å². The molecule has 0 atom stereocenters. The predicted octanol–water partition coefficient (Wildman–Crippen LogP) is 2.90. The summed E-state index contributed by atoms with van der Waals surface area (Å²) in [5.41, 5.74) is 1.24. The van der Waals surface area contributed by atoms with Gasteiger partial charge in [-0.25, -0.2) is 9.97 Å². The molecular weight excluding hydrogens is 280 g/mol. The molecule has 1 saturated heterocycles. The van der Waals surface area contributed by atoms with E-state index in [0.717, 1.165) is 24.0 Å². The number of hydrogen-bond acceptors (Lipinski definition) is 5. The topological polar surface area (TPSA) is 32.3 Å². The molecule has 1 aliphatic rings. The highest BCUT2D eigenvalue weighted by Gasteiger charge is 2.13. The van der Waals surface area contributed by atoms with Crippen LogP contribution in [0, 0.1) is 0 Å². The van der Waals surface area contributed by atoms with Crippen LogP contribution in [0.4, 0.5) is 0 Å². The first-order valence-corrected chi connectivity index (χ1v) is 9.18. The third-order valence-corrected chi connectivity index (χ3v) is 4.91. The first-order chi connectivity index (χ1) is 10.3. The van der Waals surface area contributed by atoms with Crippen LogP contribution in [0.3, 0.4) is 0 Å². The average Bonchev–Trinajstić information content (AvgIpc) is 2.74. The van der Waals surface area contributed by atoms with Gasteiger partial charge >= 0.3 is 0 Å². The van der Waals surface area contributed by atoms with Gasteiger partial charge in [0.05, 0.1) is 0 Å². The van der Waals surface area contributed by atoms with Gasteiger partial charge in [0, 0.05) is 43.3 Å². The largest absolute Gasteiger partial charge is 0.302 e. The van der Waals surface area contributed by atoms with Gasteiger partial charge in [-0.15, -0.1) is 0 Å². The molecule has 2 heterocycles. The fraction of sp³-hybridized carbons (Fsp3) is 0.750. The van der Waals surface area contributed by atoms with Crippen LogP contribution in [0.5, 0.6) is 0 Å². The zero-order chi connectivity index (χ0) is 14.9. The third-order valence-electron chi connectivity index (χ3n) is 3.95. The Morgan fingerprint density at radius 1 is 1.05 bits per heavy atom. The molecule has 1 aliphatic heterocycles. The minimum absolute atomic E-state index is 0.917. The fourth-order valence-corrected chi connectivity index (χ4v) is 3.43. The molecule has 0 unspecified atom stereocenters. The Bertz CT molecular complexity index is 396. The van der Waals surface area contributed by atoms with Crippen molar-refractivity contribution in [2.45, 2.75) is 44.8 Å². The zero-order valence-electron chi connectivity index (χ0n) is 13.4. The van der Waals surface area contributed by atoms with Crippen molar-refractivity contribution in [3.8, 4) is 0 Å². The number of likely N-dealkylation sites (N-methyl/N-ethyl adjacent to an activating group) is 1. The predicted molar refractivity (Wildman–Crippen MR) is 89.7 cm³/mol. The summed E-state index contributed by atoms with van der Waals surface area (Å²) >= 11 is 1.76. The average molecular weight is 308 g/mol. The Hall–Kier alpha value is -0.650. The van der Waals surface area contributed by atoms with Crippen LogP contribution in [0.1, 0.15) is 38.7 Å². The molecule has 0 aromatic carbocycles. The molecule has 1 aromatic heterocycles. The second kappa shape index (κ2) is 9.38. The normalized spacial score (nSPS) is 17.8. The van der Waals surface area contributed by atoms with E-state index in [4.69, 9.17) is 0 Å². The summed E-state index contributed by atoms with van der Waals surface area (Å²) in [7, 11) is 0. The van der Waals surface area contributed by atoms with Gasteiger partial charge in [0.1, 0.15) is 0 Å². The lowest BCUT2D eigenvalue weighted by atomic mass is 10.3. The molecule has 5 heteroatoms. The molecular formula is C16H28N4S. The molecule has 2 rings (SSSR count). The molecule has 21 heavy (non-hydrogen) atoms. The van der Waals surface area contributed by atoms with Crippen LogP contribution in [-0.2, 0) is 6.54 Å². The summed E-state index contributed by atoms with van der Waals surface area (Å²) in [6.45, 7) is 11.4. The van der Waals surface area contributed by atoms with Crippen LogP contribution < -0.4 is 0 Å². The molecule has 0 radical (unpaired) electrons.